The first-order valence-electron chi connectivity index (χ1n) is 4.05. The second kappa shape index (κ2) is 4.29. The van der Waals surface area contributed by atoms with E-state index in [1.54, 1.807) is 0 Å². The van der Waals surface area contributed by atoms with Crippen molar-refractivity contribution < 1.29 is 4.79 Å². The van der Waals surface area contributed by atoms with Gasteiger partial charge in [-0.1, -0.05) is 15.9 Å². The third-order valence-electron chi connectivity index (χ3n) is 2.00. The number of aromatic nitrogens is 1. The molecule has 0 atom stereocenters. The fourth-order valence-electron chi connectivity index (χ4n) is 1.13. The number of halogens is 1. The average molecular weight is 256 g/mol. The van der Waals surface area contributed by atoms with Gasteiger partial charge < -0.3 is 10.3 Å². The molecule has 0 saturated heterocycles. The Labute approximate surface area is 90.4 Å². The number of carbonyl (C=O) groups excluding carboxylic acids is 1. The first kappa shape index (κ1) is 10.8. The van der Waals surface area contributed by atoms with Crippen molar-refractivity contribution in [3.63, 3.8) is 0 Å². The van der Waals surface area contributed by atoms with Crippen LogP contribution in [-0.4, -0.2) is 16.2 Å². The van der Waals surface area contributed by atoms with Gasteiger partial charge in [0.1, 0.15) is 11.9 Å². The van der Waals surface area contributed by atoms with E-state index in [1.165, 1.54) is 0 Å². The van der Waals surface area contributed by atoms with E-state index in [9.17, 15) is 4.79 Å². The minimum atomic E-state index is -0.178. The van der Waals surface area contributed by atoms with Crippen LogP contribution in [0.1, 0.15) is 16.8 Å². The number of hydrogen-bond donors (Lipinski definition) is 2. The molecular weight excluding hydrogens is 246 g/mol. The van der Waals surface area contributed by atoms with Gasteiger partial charge in [0, 0.05) is 5.69 Å². The van der Waals surface area contributed by atoms with Gasteiger partial charge in [0.2, 0.25) is 5.91 Å². The largest absolute Gasteiger partial charge is 0.344 e. The van der Waals surface area contributed by atoms with Gasteiger partial charge in [-0.15, -0.1) is 0 Å². The standard InChI is InChI=1S/C9H10BrN3O/c1-5-6(2)12-9(7(5)4-11)13-8(14)3-10/h12H,3H2,1-2H3,(H,13,14). The Morgan fingerprint density at radius 3 is 2.79 bits per heavy atom. The summed E-state index contributed by atoms with van der Waals surface area (Å²) in [6, 6.07) is 2.05. The number of carbonyl (C=O) groups is 1. The number of H-pyrrole nitrogens is 1. The van der Waals surface area contributed by atoms with Gasteiger partial charge in [-0.25, -0.2) is 0 Å². The molecule has 0 unspecified atom stereocenters. The number of anilines is 1. The highest BCUT2D eigenvalue weighted by Gasteiger charge is 2.12. The lowest BCUT2D eigenvalue weighted by molar-refractivity contribution is -0.113. The highest BCUT2D eigenvalue weighted by molar-refractivity contribution is 9.09. The van der Waals surface area contributed by atoms with Crippen molar-refractivity contribution >= 4 is 27.7 Å². The molecule has 74 valence electrons. The highest BCUT2D eigenvalue weighted by atomic mass is 79.9. The minimum Gasteiger partial charge on any atom is -0.344 e. The van der Waals surface area contributed by atoms with E-state index in [2.05, 4.69) is 32.3 Å². The van der Waals surface area contributed by atoms with Crippen LogP contribution in [0.3, 0.4) is 0 Å². The van der Waals surface area contributed by atoms with Crippen molar-refractivity contribution in [2.75, 3.05) is 10.6 Å². The van der Waals surface area contributed by atoms with Crippen LogP contribution in [0.5, 0.6) is 0 Å². The second-order valence-electron chi connectivity index (χ2n) is 2.92. The Bertz CT molecular complexity index is 403. The Hall–Kier alpha value is -1.28. The fourth-order valence-corrected chi connectivity index (χ4v) is 1.27. The van der Waals surface area contributed by atoms with Gasteiger partial charge in [-0.05, 0) is 19.4 Å². The molecule has 0 bridgehead atoms. The summed E-state index contributed by atoms with van der Waals surface area (Å²) >= 11 is 3.04. The predicted octanol–water partition coefficient (Wildman–Crippen LogP) is 1.84. The molecule has 0 aliphatic carbocycles. The summed E-state index contributed by atoms with van der Waals surface area (Å²) in [4.78, 5) is 14.0. The lowest BCUT2D eigenvalue weighted by Crippen LogP contribution is -2.13. The first-order valence-corrected chi connectivity index (χ1v) is 5.17. The third-order valence-corrected chi connectivity index (χ3v) is 2.51. The highest BCUT2D eigenvalue weighted by Crippen LogP contribution is 2.20. The Morgan fingerprint density at radius 2 is 2.29 bits per heavy atom. The molecule has 1 amide bonds. The quantitative estimate of drug-likeness (QED) is 0.792. The van der Waals surface area contributed by atoms with E-state index < -0.39 is 0 Å². The SMILES string of the molecule is Cc1[nH]c(NC(=O)CBr)c(C#N)c1C. The first-order chi connectivity index (χ1) is 6.60. The summed E-state index contributed by atoms with van der Waals surface area (Å²) in [5, 5.41) is 11.7. The van der Waals surface area contributed by atoms with E-state index >= 15 is 0 Å². The molecule has 0 radical (unpaired) electrons. The summed E-state index contributed by atoms with van der Waals surface area (Å²) in [6.45, 7) is 3.70. The monoisotopic (exact) mass is 255 g/mol. The van der Waals surface area contributed by atoms with Gasteiger partial charge in [-0.3, -0.25) is 4.79 Å². The number of nitrogens with zero attached hydrogens (tertiary/aromatic N) is 1. The molecule has 0 fully saturated rings. The Kier molecular flexibility index (Phi) is 3.31. The van der Waals surface area contributed by atoms with Crippen LogP contribution in [0, 0.1) is 25.2 Å². The van der Waals surface area contributed by atoms with Crippen LogP contribution in [-0.2, 0) is 4.79 Å². The molecule has 2 N–H and O–H groups in total. The van der Waals surface area contributed by atoms with Crippen molar-refractivity contribution in [1.29, 1.82) is 5.26 Å². The Morgan fingerprint density at radius 1 is 1.64 bits per heavy atom. The van der Waals surface area contributed by atoms with E-state index in [-0.39, 0.29) is 11.2 Å². The van der Waals surface area contributed by atoms with Crippen molar-refractivity contribution in [2.45, 2.75) is 13.8 Å². The number of rotatable bonds is 2. The zero-order valence-electron chi connectivity index (χ0n) is 7.94. The third kappa shape index (κ3) is 1.96. The maximum Gasteiger partial charge on any atom is 0.236 e. The number of aryl methyl sites for hydroxylation is 1. The van der Waals surface area contributed by atoms with Gasteiger partial charge in [0.15, 0.2) is 0 Å². The number of nitrogens with one attached hydrogen (secondary N) is 2. The molecule has 0 aromatic carbocycles. The molecule has 14 heavy (non-hydrogen) atoms. The number of nitriles is 1. The normalized spacial score (nSPS) is 9.57. The van der Waals surface area contributed by atoms with Crippen LogP contribution < -0.4 is 5.32 Å². The molecule has 1 rings (SSSR count). The number of hydrogen-bond acceptors (Lipinski definition) is 2. The fraction of sp³-hybridized carbons (Fsp3) is 0.333. The molecular formula is C9H10BrN3O. The number of amides is 1. The smallest absolute Gasteiger partial charge is 0.236 e. The maximum atomic E-state index is 11.1. The summed E-state index contributed by atoms with van der Waals surface area (Å²) in [5.41, 5.74) is 2.26. The number of aromatic amines is 1. The molecule has 4 nitrogen and oxygen atoms in total. The van der Waals surface area contributed by atoms with E-state index in [0.29, 0.717) is 11.4 Å². The van der Waals surface area contributed by atoms with Crippen molar-refractivity contribution in [3.8, 4) is 6.07 Å². The molecule has 0 aliphatic rings. The maximum absolute atomic E-state index is 11.1. The summed E-state index contributed by atoms with van der Waals surface area (Å²) < 4.78 is 0. The van der Waals surface area contributed by atoms with Crippen molar-refractivity contribution in [2.24, 2.45) is 0 Å². The average Bonchev–Trinajstić information content (AvgIpc) is 2.42. The summed E-state index contributed by atoms with van der Waals surface area (Å²) in [6.07, 6.45) is 0. The second-order valence-corrected chi connectivity index (χ2v) is 3.48. The van der Waals surface area contributed by atoms with Gasteiger partial charge >= 0.3 is 0 Å². The molecule has 0 aliphatic heterocycles. The lowest BCUT2D eigenvalue weighted by atomic mass is 10.2. The zero-order valence-corrected chi connectivity index (χ0v) is 9.53. The van der Waals surface area contributed by atoms with Gasteiger partial charge in [0.05, 0.1) is 10.9 Å². The molecule has 1 heterocycles. The molecule has 1 aromatic rings. The van der Waals surface area contributed by atoms with Crippen LogP contribution >= 0.6 is 15.9 Å². The van der Waals surface area contributed by atoms with Crippen LogP contribution in [0.15, 0.2) is 0 Å². The van der Waals surface area contributed by atoms with Crippen molar-refractivity contribution in [1.82, 2.24) is 4.98 Å². The van der Waals surface area contributed by atoms with E-state index in [0.717, 1.165) is 11.3 Å². The summed E-state index contributed by atoms with van der Waals surface area (Å²) in [5.74, 6) is 0.301. The van der Waals surface area contributed by atoms with E-state index in [1.807, 2.05) is 13.8 Å². The zero-order chi connectivity index (χ0) is 10.7. The van der Waals surface area contributed by atoms with Crippen LogP contribution in [0.2, 0.25) is 0 Å². The molecule has 0 saturated carbocycles. The van der Waals surface area contributed by atoms with Gasteiger partial charge in [0.25, 0.3) is 0 Å². The topological polar surface area (TPSA) is 68.7 Å². The molecule has 1 aromatic heterocycles. The summed E-state index contributed by atoms with van der Waals surface area (Å²) in [7, 11) is 0. The number of alkyl halides is 1. The van der Waals surface area contributed by atoms with Gasteiger partial charge in [-0.2, -0.15) is 5.26 Å². The predicted molar refractivity (Wildman–Crippen MR) is 57.4 cm³/mol. The van der Waals surface area contributed by atoms with E-state index in [4.69, 9.17) is 5.26 Å². The van der Waals surface area contributed by atoms with Crippen molar-refractivity contribution in [3.05, 3.63) is 16.8 Å². The van der Waals surface area contributed by atoms with Crippen LogP contribution in [0.25, 0.3) is 0 Å². The minimum absolute atomic E-state index is 0.178. The molecule has 0 spiro atoms. The Balaban J connectivity index is 3.04. The molecule has 5 heteroatoms. The van der Waals surface area contributed by atoms with Crippen LogP contribution in [0.4, 0.5) is 5.82 Å². The lowest BCUT2D eigenvalue weighted by Gasteiger charge is -1.99.